The van der Waals surface area contributed by atoms with Gasteiger partial charge in [0.15, 0.2) is 5.82 Å². The number of benzene rings is 1. The highest BCUT2D eigenvalue weighted by Gasteiger charge is 2.08. The number of hydrogen-bond acceptors (Lipinski definition) is 3. The van der Waals surface area contributed by atoms with Gasteiger partial charge in [-0.05, 0) is 34.1 Å². The normalized spacial score (nSPS) is 10.4. The second kappa shape index (κ2) is 4.69. The standard InChI is InChI=1S/C10H6Br2ClN3/c11-5-1-2-8(13)6(3-5)10-15-4-7(12)9(14)16-10/h1-4H,(H2,14,15,16). The zero-order valence-corrected chi connectivity index (χ0v) is 11.8. The van der Waals surface area contributed by atoms with Crippen LogP contribution in [0.3, 0.4) is 0 Å². The van der Waals surface area contributed by atoms with E-state index in [0.717, 1.165) is 10.0 Å². The minimum atomic E-state index is 0.390. The number of nitrogens with zero attached hydrogens (tertiary/aromatic N) is 2. The Balaban J connectivity index is 2.58. The Morgan fingerprint density at radius 1 is 1.25 bits per heavy atom. The van der Waals surface area contributed by atoms with E-state index in [2.05, 4.69) is 41.8 Å². The zero-order valence-electron chi connectivity index (χ0n) is 7.92. The van der Waals surface area contributed by atoms with Gasteiger partial charge in [-0.15, -0.1) is 0 Å². The van der Waals surface area contributed by atoms with Crippen molar-refractivity contribution in [1.82, 2.24) is 9.97 Å². The molecule has 2 rings (SSSR count). The van der Waals surface area contributed by atoms with Crippen LogP contribution in [-0.2, 0) is 0 Å². The lowest BCUT2D eigenvalue weighted by atomic mass is 10.2. The van der Waals surface area contributed by atoms with Gasteiger partial charge in [0, 0.05) is 16.2 Å². The summed E-state index contributed by atoms with van der Waals surface area (Å²) in [5, 5.41) is 0.588. The van der Waals surface area contributed by atoms with Gasteiger partial charge in [0.05, 0.1) is 9.50 Å². The van der Waals surface area contributed by atoms with Crippen LogP contribution in [-0.4, -0.2) is 9.97 Å². The second-order valence-corrected chi connectivity index (χ2v) is 5.23. The van der Waals surface area contributed by atoms with Gasteiger partial charge in [-0.2, -0.15) is 0 Å². The van der Waals surface area contributed by atoms with Crippen molar-refractivity contribution in [3.8, 4) is 11.4 Å². The van der Waals surface area contributed by atoms with E-state index in [4.69, 9.17) is 17.3 Å². The molecule has 0 amide bonds. The number of aromatic nitrogens is 2. The Bertz CT molecular complexity index is 546. The Morgan fingerprint density at radius 2 is 2.00 bits per heavy atom. The summed E-state index contributed by atoms with van der Waals surface area (Å²) >= 11 is 12.7. The SMILES string of the molecule is Nc1nc(-c2cc(Br)ccc2Cl)ncc1Br. The van der Waals surface area contributed by atoms with Crippen molar-refractivity contribution in [2.75, 3.05) is 5.73 Å². The van der Waals surface area contributed by atoms with Gasteiger partial charge < -0.3 is 5.73 Å². The Morgan fingerprint density at radius 3 is 2.69 bits per heavy atom. The van der Waals surface area contributed by atoms with Crippen molar-refractivity contribution in [2.45, 2.75) is 0 Å². The van der Waals surface area contributed by atoms with Gasteiger partial charge in [0.25, 0.3) is 0 Å². The fourth-order valence-electron chi connectivity index (χ4n) is 1.18. The zero-order chi connectivity index (χ0) is 11.7. The van der Waals surface area contributed by atoms with Crippen LogP contribution in [0, 0.1) is 0 Å². The predicted octanol–water partition coefficient (Wildman–Crippen LogP) is 3.90. The van der Waals surface area contributed by atoms with Crippen molar-refractivity contribution in [2.24, 2.45) is 0 Å². The molecule has 0 aliphatic rings. The van der Waals surface area contributed by atoms with Crippen LogP contribution in [0.25, 0.3) is 11.4 Å². The maximum absolute atomic E-state index is 6.07. The molecule has 3 nitrogen and oxygen atoms in total. The highest BCUT2D eigenvalue weighted by molar-refractivity contribution is 9.10. The second-order valence-electron chi connectivity index (χ2n) is 3.05. The minimum Gasteiger partial charge on any atom is -0.383 e. The molecule has 0 saturated carbocycles. The van der Waals surface area contributed by atoms with E-state index in [1.807, 2.05) is 12.1 Å². The number of nitrogen functional groups attached to an aromatic ring is 1. The first-order valence-electron chi connectivity index (χ1n) is 4.31. The number of anilines is 1. The summed E-state index contributed by atoms with van der Waals surface area (Å²) in [4.78, 5) is 8.33. The van der Waals surface area contributed by atoms with E-state index < -0.39 is 0 Å². The van der Waals surface area contributed by atoms with Crippen molar-refractivity contribution >= 4 is 49.3 Å². The molecule has 0 bridgehead atoms. The summed E-state index contributed by atoms with van der Waals surface area (Å²) in [6.07, 6.45) is 1.61. The molecular formula is C10H6Br2ClN3. The van der Waals surface area contributed by atoms with E-state index in [0.29, 0.717) is 21.1 Å². The molecule has 0 aliphatic heterocycles. The molecule has 6 heteroatoms. The highest BCUT2D eigenvalue weighted by atomic mass is 79.9. The van der Waals surface area contributed by atoms with Crippen molar-refractivity contribution in [3.05, 3.63) is 38.4 Å². The van der Waals surface area contributed by atoms with Crippen LogP contribution in [0.15, 0.2) is 33.3 Å². The largest absolute Gasteiger partial charge is 0.383 e. The maximum Gasteiger partial charge on any atom is 0.163 e. The fourth-order valence-corrected chi connectivity index (χ4v) is 1.93. The average molecular weight is 363 g/mol. The van der Waals surface area contributed by atoms with E-state index in [9.17, 15) is 0 Å². The number of rotatable bonds is 1. The summed E-state index contributed by atoms with van der Waals surface area (Å²) in [7, 11) is 0. The highest BCUT2D eigenvalue weighted by Crippen LogP contribution is 2.29. The quantitative estimate of drug-likeness (QED) is 0.836. The summed E-state index contributed by atoms with van der Waals surface area (Å²) < 4.78 is 1.58. The van der Waals surface area contributed by atoms with Gasteiger partial charge in [-0.25, -0.2) is 9.97 Å². The third kappa shape index (κ3) is 2.36. The Labute approximate surface area is 114 Å². The van der Waals surface area contributed by atoms with Gasteiger partial charge >= 0.3 is 0 Å². The van der Waals surface area contributed by atoms with E-state index in [-0.39, 0.29) is 0 Å². The third-order valence-corrected chi connectivity index (χ3v) is 3.37. The minimum absolute atomic E-state index is 0.390. The Hall–Kier alpha value is -0.650. The molecule has 82 valence electrons. The molecule has 2 N–H and O–H groups in total. The smallest absolute Gasteiger partial charge is 0.163 e. The monoisotopic (exact) mass is 361 g/mol. The molecule has 0 aliphatic carbocycles. The van der Waals surface area contributed by atoms with Gasteiger partial charge in [-0.1, -0.05) is 27.5 Å². The van der Waals surface area contributed by atoms with E-state index in [1.165, 1.54) is 0 Å². The molecule has 1 aromatic heterocycles. The first kappa shape index (κ1) is 11.8. The first-order chi connectivity index (χ1) is 7.58. The van der Waals surface area contributed by atoms with Gasteiger partial charge in [0.1, 0.15) is 5.82 Å². The number of halogens is 3. The van der Waals surface area contributed by atoms with Gasteiger partial charge in [-0.3, -0.25) is 0 Å². The topological polar surface area (TPSA) is 51.8 Å². The summed E-state index contributed by atoms with van der Waals surface area (Å²) in [6.45, 7) is 0. The predicted molar refractivity (Wildman–Crippen MR) is 72.3 cm³/mol. The summed E-state index contributed by atoms with van der Waals surface area (Å²) in [5.74, 6) is 0.896. The number of hydrogen-bond donors (Lipinski definition) is 1. The summed E-state index contributed by atoms with van der Waals surface area (Å²) in [5.41, 5.74) is 6.44. The van der Waals surface area contributed by atoms with Gasteiger partial charge in [0.2, 0.25) is 0 Å². The third-order valence-electron chi connectivity index (χ3n) is 1.94. The molecule has 1 aromatic carbocycles. The molecule has 0 spiro atoms. The molecule has 0 saturated heterocycles. The molecule has 0 atom stereocenters. The van der Waals surface area contributed by atoms with Crippen LogP contribution < -0.4 is 5.73 Å². The van der Waals surface area contributed by atoms with Crippen LogP contribution >= 0.6 is 43.5 Å². The molecule has 16 heavy (non-hydrogen) atoms. The lowest BCUT2D eigenvalue weighted by Crippen LogP contribution is -1.96. The molecule has 1 heterocycles. The van der Waals surface area contributed by atoms with Crippen molar-refractivity contribution in [1.29, 1.82) is 0 Å². The molecule has 0 unspecified atom stereocenters. The van der Waals surface area contributed by atoms with Crippen molar-refractivity contribution in [3.63, 3.8) is 0 Å². The summed E-state index contributed by atoms with van der Waals surface area (Å²) in [6, 6.07) is 5.49. The molecule has 2 aromatic rings. The molecule has 0 fully saturated rings. The maximum atomic E-state index is 6.07. The van der Waals surface area contributed by atoms with Crippen LogP contribution in [0.5, 0.6) is 0 Å². The van der Waals surface area contributed by atoms with Crippen LogP contribution in [0.1, 0.15) is 0 Å². The van der Waals surface area contributed by atoms with E-state index in [1.54, 1.807) is 12.3 Å². The average Bonchev–Trinajstić information content (AvgIpc) is 2.26. The number of nitrogens with two attached hydrogens (primary N) is 1. The first-order valence-corrected chi connectivity index (χ1v) is 6.28. The Kier molecular flexibility index (Phi) is 3.47. The molecular weight excluding hydrogens is 357 g/mol. The molecule has 0 radical (unpaired) electrons. The van der Waals surface area contributed by atoms with E-state index >= 15 is 0 Å². The fraction of sp³-hybridized carbons (Fsp3) is 0. The lowest BCUT2D eigenvalue weighted by molar-refractivity contribution is 1.17. The van der Waals surface area contributed by atoms with Crippen LogP contribution in [0.4, 0.5) is 5.82 Å². The lowest BCUT2D eigenvalue weighted by Gasteiger charge is -2.05. The van der Waals surface area contributed by atoms with Crippen molar-refractivity contribution < 1.29 is 0 Å². The van der Waals surface area contributed by atoms with Crippen LogP contribution in [0.2, 0.25) is 5.02 Å².